The first-order chi connectivity index (χ1) is 10.7. The Morgan fingerprint density at radius 2 is 1.70 bits per heavy atom. The fourth-order valence-electron chi connectivity index (χ4n) is 1.58. The number of halogens is 4. The number of benzene rings is 2. The summed E-state index contributed by atoms with van der Waals surface area (Å²) in [5.41, 5.74) is 0.359. The number of carbonyl (C=O) groups excluding carboxylic acids is 1. The Morgan fingerprint density at radius 3 is 2.22 bits per heavy atom. The monoisotopic (exact) mass is 397 g/mol. The number of carbonyl (C=O) groups is 1. The van der Waals surface area contributed by atoms with E-state index < -0.39 is 21.2 Å². The maximum atomic E-state index is 12.9. The van der Waals surface area contributed by atoms with E-state index in [1.165, 1.54) is 6.07 Å². The second-order valence-corrected chi connectivity index (χ2v) is 6.78. The van der Waals surface area contributed by atoms with Gasteiger partial charge in [-0.25, -0.2) is 4.79 Å². The Kier molecular flexibility index (Phi) is 5.36. The lowest BCUT2D eigenvalue weighted by atomic mass is 10.3. The van der Waals surface area contributed by atoms with Crippen LogP contribution in [-0.2, 0) is 10.2 Å². The molecule has 1 amide bonds. The molecule has 23 heavy (non-hydrogen) atoms. The van der Waals surface area contributed by atoms with Gasteiger partial charge in [-0.2, -0.15) is 8.42 Å². The van der Waals surface area contributed by atoms with Crippen LogP contribution in [0.1, 0.15) is 0 Å². The van der Waals surface area contributed by atoms with Gasteiger partial charge in [0.05, 0.1) is 10.0 Å². The maximum Gasteiger partial charge on any atom is 0.417 e. The first-order valence-corrected chi connectivity index (χ1v) is 8.36. The molecule has 0 radical (unpaired) electrons. The lowest BCUT2D eigenvalue weighted by Crippen LogP contribution is -2.17. The minimum absolute atomic E-state index is 0.305. The minimum Gasteiger partial charge on any atom is -0.407 e. The number of nitrogens with one attached hydrogen (secondary N) is 1. The molecule has 0 saturated carbocycles. The van der Waals surface area contributed by atoms with Crippen molar-refractivity contribution in [3.8, 4) is 5.75 Å². The van der Waals surface area contributed by atoms with Crippen LogP contribution in [0.5, 0.6) is 5.75 Å². The Balaban J connectivity index is 2.21. The number of hydrogen-bond acceptors (Lipinski definition) is 4. The molecule has 10 heteroatoms. The summed E-state index contributed by atoms with van der Waals surface area (Å²) in [6.45, 7) is 0. The van der Waals surface area contributed by atoms with Crippen LogP contribution in [0.15, 0.2) is 41.3 Å². The number of hydrogen-bond donors (Lipinski definition) is 1. The fraction of sp³-hybridized carbons (Fsp3) is 0. The second-order valence-electron chi connectivity index (χ2n) is 4.18. The highest BCUT2D eigenvalue weighted by molar-refractivity contribution is 7.86. The van der Waals surface area contributed by atoms with Crippen LogP contribution in [0.2, 0.25) is 15.1 Å². The Morgan fingerprint density at radius 1 is 1.09 bits per heavy atom. The fourth-order valence-corrected chi connectivity index (χ4v) is 2.98. The van der Waals surface area contributed by atoms with Gasteiger partial charge in [-0.15, -0.1) is 3.89 Å². The zero-order chi connectivity index (χ0) is 17.2. The van der Waals surface area contributed by atoms with Crippen LogP contribution in [0.4, 0.5) is 14.4 Å². The highest BCUT2D eigenvalue weighted by atomic mass is 35.5. The topological polar surface area (TPSA) is 72.5 Å². The van der Waals surface area contributed by atoms with Gasteiger partial charge in [-0.05, 0) is 30.3 Å². The van der Waals surface area contributed by atoms with Gasteiger partial charge >= 0.3 is 16.3 Å². The van der Waals surface area contributed by atoms with E-state index in [1.807, 2.05) is 0 Å². The molecular weight excluding hydrogens is 392 g/mol. The van der Waals surface area contributed by atoms with Crippen molar-refractivity contribution in [1.29, 1.82) is 0 Å². The zero-order valence-electron chi connectivity index (χ0n) is 11.0. The van der Waals surface area contributed by atoms with Crippen molar-refractivity contribution in [3.05, 3.63) is 51.5 Å². The molecule has 0 saturated heterocycles. The van der Waals surface area contributed by atoms with Crippen molar-refractivity contribution in [1.82, 2.24) is 0 Å². The predicted molar refractivity (Wildman–Crippen MR) is 85.9 cm³/mol. The van der Waals surface area contributed by atoms with Crippen molar-refractivity contribution in [2.45, 2.75) is 4.90 Å². The maximum absolute atomic E-state index is 12.9. The Hall–Kier alpha value is -1.54. The molecule has 122 valence electrons. The van der Waals surface area contributed by atoms with E-state index in [-0.39, 0.29) is 15.8 Å². The molecule has 0 aliphatic heterocycles. The van der Waals surface area contributed by atoms with E-state index in [2.05, 4.69) is 5.32 Å². The third kappa shape index (κ3) is 4.71. The van der Waals surface area contributed by atoms with Crippen molar-refractivity contribution >= 4 is 56.8 Å². The molecular formula is C13H7Cl3FNO4S. The predicted octanol–water partition coefficient (Wildman–Crippen LogP) is 4.92. The smallest absolute Gasteiger partial charge is 0.407 e. The molecule has 2 aromatic rings. The van der Waals surface area contributed by atoms with Gasteiger partial charge < -0.3 is 4.74 Å². The number of rotatable bonds is 3. The van der Waals surface area contributed by atoms with Gasteiger partial charge in [0, 0.05) is 10.7 Å². The molecule has 0 spiro atoms. The van der Waals surface area contributed by atoms with Gasteiger partial charge in [-0.1, -0.05) is 40.9 Å². The summed E-state index contributed by atoms with van der Waals surface area (Å²) in [4.78, 5) is 11.1. The van der Waals surface area contributed by atoms with Crippen LogP contribution in [0, 0.1) is 0 Å². The first kappa shape index (κ1) is 17.8. The van der Waals surface area contributed by atoms with E-state index in [0.717, 1.165) is 12.1 Å². The van der Waals surface area contributed by atoms with E-state index in [9.17, 15) is 17.1 Å². The molecule has 0 aliphatic carbocycles. The van der Waals surface area contributed by atoms with Crippen molar-refractivity contribution < 1.29 is 21.8 Å². The van der Waals surface area contributed by atoms with Crippen LogP contribution in [-0.4, -0.2) is 14.5 Å². The first-order valence-electron chi connectivity index (χ1n) is 5.85. The Labute approximate surface area is 146 Å². The summed E-state index contributed by atoms with van der Waals surface area (Å²) >= 11 is 17.3. The van der Waals surface area contributed by atoms with Gasteiger partial charge in [0.1, 0.15) is 4.90 Å². The summed E-state index contributed by atoms with van der Waals surface area (Å²) in [5, 5.41) is 2.10. The molecule has 0 atom stereocenters. The van der Waals surface area contributed by atoms with Crippen molar-refractivity contribution in [2.75, 3.05) is 5.32 Å². The summed E-state index contributed by atoms with van der Waals surface area (Å²) in [6, 6.07) is 7.83. The number of anilines is 1. The second kappa shape index (κ2) is 6.92. The van der Waals surface area contributed by atoms with Gasteiger partial charge in [0.2, 0.25) is 0 Å². The molecule has 5 nitrogen and oxygen atoms in total. The van der Waals surface area contributed by atoms with Crippen LogP contribution in [0.3, 0.4) is 0 Å². The minimum atomic E-state index is -4.99. The van der Waals surface area contributed by atoms with Gasteiger partial charge in [0.25, 0.3) is 0 Å². The van der Waals surface area contributed by atoms with E-state index in [1.54, 1.807) is 18.2 Å². The van der Waals surface area contributed by atoms with E-state index >= 15 is 0 Å². The molecule has 0 bridgehead atoms. The zero-order valence-corrected chi connectivity index (χ0v) is 14.1. The molecule has 0 aliphatic rings. The quantitative estimate of drug-likeness (QED) is 0.745. The average Bonchev–Trinajstić information content (AvgIpc) is 2.41. The van der Waals surface area contributed by atoms with Gasteiger partial charge in [-0.3, -0.25) is 5.32 Å². The number of amides is 1. The van der Waals surface area contributed by atoms with E-state index in [0.29, 0.717) is 10.7 Å². The highest BCUT2D eigenvalue weighted by Gasteiger charge is 2.20. The highest BCUT2D eigenvalue weighted by Crippen LogP contribution is 2.36. The summed E-state index contributed by atoms with van der Waals surface area (Å²) < 4.78 is 39.5. The lowest BCUT2D eigenvalue weighted by molar-refractivity contribution is 0.215. The van der Waals surface area contributed by atoms with E-state index in [4.69, 9.17) is 39.5 Å². The van der Waals surface area contributed by atoms with Crippen molar-refractivity contribution in [3.63, 3.8) is 0 Å². The summed E-state index contributed by atoms with van der Waals surface area (Å²) in [6.07, 6.45) is -0.938. The largest absolute Gasteiger partial charge is 0.417 e. The number of ether oxygens (including phenoxy) is 1. The molecule has 0 fully saturated rings. The van der Waals surface area contributed by atoms with Crippen LogP contribution < -0.4 is 10.1 Å². The molecule has 2 aromatic carbocycles. The van der Waals surface area contributed by atoms with Crippen LogP contribution in [0.25, 0.3) is 0 Å². The third-order valence-corrected chi connectivity index (χ3v) is 4.11. The molecule has 0 heterocycles. The third-order valence-electron chi connectivity index (χ3n) is 2.52. The summed E-state index contributed by atoms with van der Waals surface area (Å²) in [5.74, 6) is -0.305. The van der Waals surface area contributed by atoms with Crippen LogP contribution >= 0.6 is 34.8 Å². The molecule has 0 unspecified atom stereocenters. The standard InChI is InChI=1S/C13H7Cl3FNO4S/c14-7-2-1-3-8(4-7)18-13(19)22-12-10(15)5-9(6-11(12)16)23(17,20)21/h1-6H,(H,18,19). The SMILES string of the molecule is O=C(Nc1cccc(Cl)c1)Oc1c(Cl)cc(S(=O)(=O)F)cc1Cl. The van der Waals surface area contributed by atoms with Gasteiger partial charge in [0.15, 0.2) is 5.75 Å². The Bertz CT molecular complexity index is 850. The average molecular weight is 399 g/mol. The molecule has 2 rings (SSSR count). The molecule has 0 aromatic heterocycles. The lowest BCUT2D eigenvalue weighted by Gasteiger charge is -2.10. The molecule has 1 N–H and O–H groups in total. The van der Waals surface area contributed by atoms with Crippen molar-refractivity contribution in [2.24, 2.45) is 0 Å². The normalized spacial score (nSPS) is 11.1. The summed E-state index contributed by atoms with van der Waals surface area (Å²) in [7, 11) is -4.99.